The zero-order valence-electron chi connectivity index (χ0n) is 12.3. The Morgan fingerprint density at radius 1 is 1.19 bits per heavy atom. The van der Waals surface area contributed by atoms with E-state index in [4.69, 9.17) is 10.5 Å². The Balaban J connectivity index is 2.16. The Kier molecular flexibility index (Phi) is 4.95. The molecule has 0 spiro atoms. The van der Waals surface area contributed by atoms with E-state index < -0.39 is 5.91 Å². The van der Waals surface area contributed by atoms with E-state index in [9.17, 15) is 4.79 Å². The van der Waals surface area contributed by atoms with Gasteiger partial charge in [0.2, 0.25) is 0 Å². The highest BCUT2D eigenvalue weighted by atomic mass is 16.5. The Labute approximate surface area is 124 Å². The van der Waals surface area contributed by atoms with Crippen molar-refractivity contribution < 1.29 is 9.53 Å². The van der Waals surface area contributed by atoms with Crippen LogP contribution in [0.25, 0.3) is 0 Å². The molecule has 0 saturated carbocycles. The zero-order chi connectivity index (χ0) is 15.2. The van der Waals surface area contributed by atoms with Crippen LogP contribution in [0.3, 0.4) is 0 Å². The van der Waals surface area contributed by atoms with Crippen LogP contribution in [0.1, 0.15) is 35.8 Å². The van der Waals surface area contributed by atoms with Crippen LogP contribution >= 0.6 is 0 Å². The van der Waals surface area contributed by atoms with Gasteiger partial charge in [0.05, 0.1) is 5.56 Å². The molecule has 2 rings (SSSR count). The molecule has 1 atom stereocenters. The minimum Gasteiger partial charge on any atom is -0.457 e. The summed E-state index contributed by atoms with van der Waals surface area (Å²) in [5.74, 6) is 0.650. The third-order valence-electron chi connectivity index (χ3n) is 3.27. The minimum absolute atomic E-state index is 0.293. The number of para-hydroxylation sites is 1. The highest BCUT2D eigenvalue weighted by Gasteiger charge is 2.09. The Bertz CT molecular complexity index is 608. The van der Waals surface area contributed by atoms with E-state index in [1.165, 1.54) is 5.56 Å². The molecule has 3 N–H and O–H groups in total. The lowest BCUT2D eigenvalue weighted by molar-refractivity contribution is 0.0998. The molecule has 2 aromatic carbocycles. The molecule has 4 nitrogen and oxygen atoms in total. The number of rotatable bonds is 6. The van der Waals surface area contributed by atoms with E-state index in [1.54, 1.807) is 18.2 Å². The molecule has 4 heteroatoms. The van der Waals surface area contributed by atoms with E-state index in [1.807, 2.05) is 30.3 Å². The molecule has 2 aromatic rings. The number of hydrogen-bond acceptors (Lipinski definition) is 3. The second-order valence-electron chi connectivity index (χ2n) is 4.81. The number of hydrogen-bond donors (Lipinski definition) is 2. The van der Waals surface area contributed by atoms with Crippen molar-refractivity contribution in [2.75, 3.05) is 6.54 Å². The van der Waals surface area contributed by atoms with Crippen LogP contribution in [-0.2, 0) is 0 Å². The van der Waals surface area contributed by atoms with Crippen molar-refractivity contribution in [3.63, 3.8) is 0 Å². The number of carbonyl (C=O) groups is 1. The van der Waals surface area contributed by atoms with Crippen molar-refractivity contribution >= 4 is 5.91 Å². The molecule has 0 aromatic heterocycles. The minimum atomic E-state index is -0.497. The van der Waals surface area contributed by atoms with Crippen molar-refractivity contribution in [3.05, 3.63) is 59.7 Å². The Morgan fingerprint density at radius 3 is 2.48 bits per heavy atom. The fraction of sp³-hybridized carbons (Fsp3) is 0.235. The number of primary amides is 1. The molecule has 0 aliphatic carbocycles. The quantitative estimate of drug-likeness (QED) is 0.855. The summed E-state index contributed by atoms with van der Waals surface area (Å²) in [6.07, 6.45) is 0. The third-order valence-corrected chi connectivity index (χ3v) is 3.27. The number of benzene rings is 2. The lowest BCUT2D eigenvalue weighted by atomic mass is 10.1. The SMILES string of the molecule is CCNC(C)c1ccc(Oc2ccccc2C(N)=O)cc1. The van der Waals surface area contributed by atoms with Crippen molar-refractivity contribution in [1.29, 1.82) is 0 Å². The average molecular weight is 284 g/mol. The first-order valence-electron chi connectivity index (χ1n) is 7.02. The molecule has 1 unspecified atom stereocenters. The molecule has 0 heterocycles. The van der Waals surface area contributed by atoms with E-state index in [-0.39, 0.29) is 0 Å². The molecule has 110 valence electrons. The Morgan fingerprint density at radius 2 is 1.86 bits per heavy atom. The Hall–Kier alpha value is -2.33. The number of amides is 1. The summed E-state index contributed by atoms with van der Waals surface area (Å²) >= 11 is 0. The highest BCUT2D eigenvalue weighted by molar-refractivity contribution is 5.95. The molecule has 0 radical (unpaired) electrons. The molecule has 0 bridgehead atoms. The molecule has 0 saturated heterocycles. The van der Waals surface area contributed by atoms with Gasteiger partial charge in [0.1, 0.15) is 11.5 Å². The molecule has 0 aliphatic heterocycles. The zero-order valence-corrected chi connectivity index (χ0v) is 12.3. The fourth-order valence-corrected chi connectivity index (χ4v) is 2.13. The second kappa shape index (κ2) is 6.90. The summed E-state index contributed by atoms with van der Waals surface area (Å²) < 4.78 is 5.74. The first-order valence-corrected chi connectivity index (χ1v) is 7.02. The summed E-state index contributed by atoms with van der Waals surface area (Å²) in [6, 6.07) is 15.0. The number of carbonyl (C=O) groups excluding carboxylic acids is 1. The topological polar surface area (TPSA) is 64.3 Å². The van der Waals surface area contributed by atoms with E-state index >= 15 is 0 Å². The first-order chi connectivity index (χ1) is 10.1. The van der Waals surface area contributed by atoms with Gasteiger partial charge in [-0.3, -0.25) is 4.79 Å². The van der Waals surface area contributed by atoms with Crippen molar-refractivity contribution in [2.45, 2.75) is 19.9 Å². The molecular formula is C17H20N2O2. The summed E-state index contributed by atoms with van der Waals surface area (Å²) in [4.78, 5) is 11.4. The van der Waals surface area contributed by atoms with Crippen LogP contribution in [0.5, 0.6) is 11.5 Å². The van der Waals surface area contributed by atoms with Crippen LogP contribution in [0.4, 0.5) is 0 Å². The van der Waals surface area contributed by atoms with Gasteiger partial charge in [-0.25, -0.2) is 0 Å². The molecular weight excluding hydrogens is 264 g/mol. The van der Waals surface area contributed by atoms with E-state index in [0.29, 0.717) is 23.1 Å². The van der Waals surface area contributed by atoms with Gasteiger partial charge in [-0.1, -0.05) is 31.2 Å². The lowest BCUT2D eigenvalue weighted by Crippen LogP contribution is -2.17. The molecule has 0 aliphatic rings. The van der Waals surface area contributed by atoms with Gasteiger partial charge in [-0.2, -0.15) is 0 Å². The standard InChI is InChI=1S/C17H20N2O2/c1-3-19-12(2)13-8-10-14(11-9-13)21-16-7-5-4-6-15(16)17(18)20/h4-12,19H,3H2,1-2H3,(H2,18,20). The van der Waals surface area contributed by atoms with E-state index in [2.05, 4.69) is 19.2 Å². The number of nitrogens with one attached hydrogen (secondary N) is 1. The summed E-state index contributed by atoms with van der Waals surface area (Å²) in [5, 5.41) is 3.35. The predicted molar refractivity (Wildman–Crippen MR) is 83.6 cm³/mol. The number of nitrogens with two attached hydrogens (primary N) is 1. The fourth-order valence-electron chi connectivity index (χ4n) is 2.13. The lowest BCUT2D eigenvalue weighted by Gasteiger charge is -2.14. The van der Waals surface area contributed by atoms with Gasteiger partial charge in [-0.05, 0) is 43.3 Å². The van der Waals surface area contributed by atoms with Crippen LogP contribution < -0.4 is 15.8 Å². The largest absolute Gasteiger partial charge is 0.457 e. The van der Waals surface area contributed by atoms with Gasteiger partial charge in [0.15, 0.2) is 0 Å². The molecule has 21 heavy (non-hydrogen) atoms. The van der Waals surface area contributed by atoms with Crippen LogP contribution in [0.15, 0.2) is 48.5 Å². The normalized spacial score (nSPS) is 11.9. The van der Waals surface area contributed by atoms with Gasteiger partial charge in [0.25, 0.3) is 5.91 Å². The summed E-state index contributed by atoms with van der Waals surface area (Å²) in [7, 11) is 0. The van der Waals surface area contributed by atoms with Gasteiger partial charge in [0, 0.05) is 6.04 Å². The summed E-state index contributed by atoms with van der Waals surface area (Å²) in [5.41, 5.74) is 6.90. The van der Waals surface area contributed by atoms with Crippen LogP contribution in [0, 0.1) is 0 Å². The van der Waals surface area contributed by atoms with Gasteiger partial charge in [-0.15, -0.1) is 0 Å². The van der Waals surface area contributed by atoms with Gasteiger partial charge < -0.3 is 15.8 Å². The predicted octanol–water partition coefficient (Wildman–Crippen LogP) is 3.25. The maximum absolute atomic E-state index is 11.4. The van der Waals surface area contributed by atoms with Crippen molar-refractivity contribution in [3.8, 4) is 11.5 Å². The third kappa shape index (κ3) is 3.83. The first kappa shape index (κ1) is 15.1. The average Bonchev–Trinajstić information content (AvgIpc) is 2.48. The highest BCUT2D eigenvalue weighted by Crippen LogP contribution is 2.26. The van der Waals surface area contributed by atoms with Crippen LogP contribution in [-0.4, -0.2) is 12.5 Å². The molecule has 0 fully saturated rings. The summed E-state index contributed by atoms with van der Waals surface area (Å²) in [6.45, 7) is 5.11. The maximum Gasteiger partial charge on any atom is 0.252 e. The van der Waals surface area contributed by atoms with Crippen molar-refractivity contribution in [1.82, 2.24) is 5.32 Å². The van der Waals surface area contributed by atoms with Gasteiger partial charge >= 0.3 is 0 Å². The maximum atomic E-state index is 11.4. The van der Waals surface area contributed by atoms with Crippen molar-refractivity contribution in [2.24, 2.45) is 5.73 Å². The number of ether oxygens (including phenoxy) is 1. The monoisotopic (exact) mass is 284 g/mol. The second-order valence-corrected chi connectivity index (χ2v) is 4.81. The molecule has 1 amide bonds. The van der Waals surface area contributed by atoms with E-state index in [0.717, 1.165) is 6.54 Å². The van der Waals surface area contributed by atoms with Crippen LogP contribution in [0.2, 0.25) is 0 Å². The smallest absolute Gasteiger partial charge is 0.252 e.